The normalized spacial score (nSPS) is 29.8. The Kier molecular flexibility index (Phi) is 19.5. The molecule has 4 aromatic rings. The highest BCUT2D eigenvalue weighted by Crippen LogP contribution is 2.41. The highest BCUT2D eigenvalue weighted by atomic mass is 16.8. The highest BCUT2D eigenvalue weighted by molar-refractivity contribution is 5.89. The molecule has 0 spiro atoms. The topological polar surface area (TPSA) is 399 Å². The summed E-state index contributed by atoms with van der Waals surface area (Å²) in [5.41, 5.74) is -2.25. The van der Waals surface area contributed by atoms with Crippen LogP contribution in [0.1, 0.15) is 39.2 Å². The number of aliphatic hydroxyl groups excluding tert-OH is 8. The van der Waals surface area contributed by atoms with Gasteiger partial charge in [0.25, 0.3) is 0 Å². The molecule has 0 amide bonds. The Morgan fingerprint density at radius 3 is 2.06 bits per heavy atom. The second kappa shape index (κ2) is 25.7. The van der Waals surface area contributed by atoms with Crippen molar-refractivity contribution in [2.24, 2.45) is 0 Å². The number of benzene rings is 3. The number of rotatable bonds is 20. The van der Waals surface area contributed by atoms with E-state index in [-0.39, 0.29) is 52.7 Å². The summed E-state index contributed by atoms with van der Waals surface area (Å²) in [4.78, 5) is 40.6. The first-order valence-electron chi connectivity index (χ1n) is 24.9. The smallest absolute Gasteiger partial charge is 0.333 e. The number of hydrogen-bond donors (Lipinski definition) is 12. The van der Waals surface area contributed by atoms with Crippen LogP contribution in [0.2, 0.25) is 0 Å². The van der Waals surface area contributed by atoms with Crippen LogP contribution in [0.25, 0.3) is 28.4 Å². The van der Waals surface area contributed by atoms with Crippen LogP contribution in [0.5, 0.6) is 40.2 Å². The SMILES string of the molecule is C=C[C@@](C)(O)CCC=C(C)C(=O)O[C@@H]1[C@@H](O)[C@H](C)O[C@@H](Oc2cc(O)c3c(=O)c(O[C@@H]4O[C@H](CO)[C@@H](O)[C@H](O)[C@H]4O[C@@H]4O[C@H](COC(=O)C=Cc5cc(OC)c(O)c(OC)c5)[C@@H](O)[C@H](O)[C@H]4O)c(-c4ccc(O)cc4)oc3c2)[C@@H]1O. The van der Waals surface area contributed by atoms with Crippen molar-refractivity contribution >= 4 is 29.0 Å². The molecule has 12 N–H and O–H groups in total. The molecule has 0 saturated carbocycles. The summed E-state index contributed by atoms with van der Waals surface area (Å²) < 4.78 is 62.4. The Hall–Kier alpha value is -6.89. The average molecular weight is 1130 g/mol. The lowest BCUT2D eigenvalue weighted by atomic mass is 9.97. The van der Waals surface area contributed by atoms with Crippen molar-refractivity contribution < 1.29 is 123 Å². The Bertz CT molecular complexity index is 2930. The molecule has 7 rings (SSSR count). The van der Waals surface area contributed by atoms with Gasteiger partial charge in [0.1, 0.15) is 83.7 Å². The minimum Gasteiger partial charge on any atom is -0.508 e. The van der Waals surface area contributed by atoms with Crippen molar-refractivity contribution in [2.75, 3.05) is 27.4 Å². The number of allylic oxidation sites excluding steroid dienone is 1. The van der Waals surface area contributed by atoms with E-state index in [0.717, 1.165) is 18.2 Å². The third kappa shape index (κ3) is 13.5. The van der Waals surface area contributed by atoms with E-state index in [1.54, 1.807) is 6.92 Å². The van der Waals surface area contributed by atoms with Crippen molar-refractivity contribution in [3.05, 3.63) is 94.7 Å². The zero-order chi connectivity index (χ0) is 58.5. The molecule has 3 aliphatic heterocycles. The van der Waals surface area contributed by atoms with E-state index in [4.69, 9.17) is 51.8 Å². The van der Waals surface area contributed by atoms with Crippen LogP contribution in [-0.2, 0) is 38.0 Å². The lowest BCUT2D eigenvalue weighted by molar-refractivity contribution is -0.358. The molecule has 0 aliphatic carbocycles. The molecule has 0 radical (unpaired) electrons. The van der Waals surface area contributed by atoms with Gasteiger partial charge in [-0.3, -0.25) is 4.79 Å². The van der Waals surface area contributed by atoms with Gasteiger partial charge in [0.2, 0.25) is 29.5 Å². The van der Waals surface area contributed by atoms with Crippen molar-refractivity contribution in [3.8, 4) is 51.6 Å². The number of aromatic hydroxyl groups is 3. The summed E-state index contributed by atoms with van der Waals surface area (Å²) in [6, 6.07) is 9.85. The second-order valence-corrected chi connectivity index (χ2v) is 19.3. The fourth-order valence-electron chi connectivity index (χ4n) is 8.71. The predicted molar refractivity (Wildman–Crippen MR) is 273 cm³/mol. The molecule has 0 bridgehead atoms. The molecule has 3 aromatic carbocycles. The van der Waals surface area contributed by atoms with Crippen LogP contribution in [-0.4, -0.2) is 198 Å². The van der Waals surface area contributed by atoms with Crippen LogP contribution in [0.15, 0.2) is 88.1 Å². The molecule has 4 heterocycles. The fourth-order valence-corrected chi connectivity index (χ4v) is 8.71. The van der Waals surface area contributed by atoms with Crippen molar-refractivity contribution in [2.45, 2.75) is 131 Å². The number of carbonyl (C=O) groups excluding carboxylic acids is 2. The number of ether oxygens (including phenoxy) is 10. The van der Waals surface area contributed by atoms with Gasteiger partial charge in [-0.25, -0.2) is 9.59 Å². The standard InChI is InChI=1S/C54H64O26/c1-7-54(4,69)16-8-9-23(2)50(68)78-47-37(59)24(3)73-52(45(47)67)74-28-19-29(57)36-30(20-28)75-46(26-11-13-27(56)14-12-26)48(41(36)63)79-53-49(43(65)39(61)33(21-55)76-53)80-51-44(66)42(64)40(62)34(77-51)22-72-35(58)15-10-25-17-31(70-5)38(60)32(18-25)71-6/h7,9-15,17-20,24,33-34,37,39-40,42-45,47,49,51-53,55-57,59-62,64-67,69H,1,8,16,21-22H2,2-6H3/t24-,33+,34+,37-,39+,40+,42-,43-,44+,45+,47+,49+,51-,52-,53-,54+/m0/s1. The number of phenols is 3. The summed E-state index contributed by atoms with van der Waals surface area (Å²) >= 11 is 0. The Morgan fingerprint density at radius 2 is 1.43 bits per heavy atom. The Morgan fingerprint density at radius 1 is 0.775 bits per heavy atom. The predicted octanol–water partition coefficient (Wildman–Crippen LogP) is 0.282. The van der Waals surface area contributed by atoms with Gasteiger partial charge in [-0.15, -0.1) is 6.58 Å². The van der Waals surface area contributed by atoms with Crippen LogP contribution in [0.4, 0.5) is 0 Å². The number of hydrogen-bond acceptors (Lipinski definition) is 26. The quantitative estimate of drug-likeness (QED) is 0.0321. The molecular formula is C54H64O26. The summed E-state index contributed by atoms with van der Waals surface area (Å²) in [7, 11) is 2.61. The maximum Gasteiger partial charge on any atom is 0.333 e. The van der Waals surface area contributed by atoms with Gasteiger partial charge in [0.15, 0.2) is 41.9 Å². The molecule has 3 saturated heterocycles. The number of phenolic OH excluding ortho intramolecular Hbond substituents is 3. The monoisotopic (exact) mass is 1130 g/mol. The number of esters is 2. The molecule has 1 aromatic heterocycles. The van der Waals surface area contributed by atoms with Crippen LogP contribution < -0.4 is 24.4 Å². The van der Waals surface area contributed by atoms with E-state index in [9.17, 15) is 75.7 Å². The first-order valence-corrected chi connectivity index (χ1v) is 24.9. The van der Waals surface area contributed by atoms with Gasteiger partial charge >= 0.3 is 11.9 Å². The van der Waals surface area contributed by atoms with Crippen LogP contribution >= 0.6 is 0 Å². The lowest BCUT2D eigenvalue weighted by Crippen LogP contribution is -2.65. The fraction of sp³-hybridized carbons (Fsp3) is 0.463. The second-order valence-electron chi connectivity index (χ2n) is 19.3. The summed E-state index contributed by atoms with van der Waals surface area (Å²) in [5.74, 6) is -4.66. The van der Waals surface area contributed by atoms with Gasteiger partial charge < -0.3 is 113 Å². The van der Waals surface area contributed by atoms with Gasteiger partial charge in [-0.05, 0) is 81.7 Å². The zero-order valence-corrected chi connectivity index (χ0v) is 43.7. The van der Waals surface area contributed by atoms with Crippen molar-refractivity contribution in [1.82, 2.24) is 0 Å². The molecule has 26 heteroatoms. The third-order valence-corrected chi connectivity index (χ3v) is 13.5. The van der Waals surface area contributed by atoms with Gasteiger partial charge in [0, 0.05) is 29.3 Å². The van der Waals surface area contributed by atoms with E-state index in [2.05, 4.69) is 6.58 Å². The summed E-state index contributed by atoms with van der Waals surface area (Å²) in [6.07, 6.45) is -21.8. The number of methoxy groups -OCH3 is 2. The van der Waals surface area contributed by atoms with E-state index < -0.39 is 157 Å². The zero-order valence-electron chi connectivity index (χ0n) is 43.7. The first kappa shape index (κ1) is 60.7. The van der Waals surface area contributed by atoms with Crippen LogP contribution in [0, 0.1) is 0 Å². The van der Waals surface area contributed by atoms with E-state index in [1.807, 2.05) is 0 Å². The minimum absolute atomic E-state index is 0.0296. The van der Waals surface area contributed by atoms with E-state index >= 15 is 0 Å². The molecule has 3 fully saturated rings. The van der Waals surface area contributed by atoms with E-state index in [0.29, 0.717) is 5.56 Å². The molecule has 16 atom stereocenters. The van der Waals surface area contributed by atoms with E-state index in [1.165, 1.54) is 82.7 Å². The summed E-state index contributed by atoms with van der Waals surface area (Å²) in [6.45, 7) is 6.25. The third-order valence-electron chi connectivity index (χ3n) is 13.5. The van der Waals surface area contributed by atoms with Gasteiger partial charge in [-0.2, -0.15) is 0 Å². The molecule has 3 aliphatic rings. The maximum atomic E-state index is 14.7. The molecular weight excluding hydrogens is 1060 g/mol. The molecule has 26 nitrogen and oxygen atoms in total. The minimum atomic E-state index is -2.12. The average Bonchev–Trinajstić information content (AvgIpc) is 3.52. The number of fused-ring (bicyclic) bond motifs is 1. The molecule has 436 valence electrons. The molecule has 80 heavy (non-hydrogen) atoms. The van der Waals surface area contributed by atoms with Crippen molar-refractivity contribution in [1.29, 1.82) is 0 Å². The highest BCUT2D eigenvalue weighted by Gasteiger charge is 2.52. The number of aliphatic hydroxyl groups is 9. The van der Waals surface area contributed by atoms with Crippen LogP contribution in [0.3, 0.4) is 0 Å². The lowest BCUT2D eigenvalue weighted by Gasteiger charge is -2.45. The Balaban J connectivity index is 1.15. The van der Waals surface area contributed by atoms with Gasteiger partial charge in [0.05, 0.1) is 32.5 Å². The largest absolute Gasteiger partial charge is 0.508 e. The van der Waals surface area contributed by atoms with Crippen molar-refractivity contribution in [3.63, 3.8) is 0 Å². The first-order chi connectivity index (χ1) is 37.9. The van der Waals surface area contributed by atoms with Gasteiger partial charge in [-0.1, -0.05) is 12.2 Å². The molecule has 0 unspecified atom stereocenters. The maximum absolute atomic E-state index is 14.7. The Labute approximate surface area is 455 Å². The summed E-state index contributed by atoms with van der Waals surface area (Å²) in [5, 5.41) is 129. The number of carbonyl (C=O) groups is 2.